The standard InChI is InChI=1S/C16H16N2O3/c1-3-4-11-21-14-9-10-17-15(18-14)12-7-5-6-8-13(12)16(19)20-2/h3,5-10H,1,4,11H2,2H3. The first-order valence-corrected chi connectivity index (χ1v) is 6.50. The highest BCUT2D eigenvalue weighted by molar-refractivity contribution is 5.96. The highest BCUT2D eigenvalue weighted by atomic mass is 16.5. The maximum absolute atomic E-state index is 11.8. The van der Waals surface area contributed by atoms with Gasteiger partial charge in [0.15, 0.2) is 5.82 Å². The largest absolute Gasteiger partial charge is 0.477 e. The van der Waals surface area contributed by atoms with Crippen LogP contribution in [0.2, 0.25) is 0 Å². The highest BCUT2D eigenvalue weighted by Crippen LogP contribution is 2.22. The van der Waals surface area contributed by atoms with E-state index in [9.17, 15) is 4.79 Å². The summed E-state index contributed by atoms with van der Waals surface area (Å²) in [5.41, 5.74) is 1.03. The molecule has 0 atom stereocenters. The lowest BCUT2D eigenvalue weighted by Crippen LogP contribution is -2.05. The van der Waals surface area contributed by atoms with Crippen molar-refractivity contribution in [2.75, 3.05) is 13.7 Å². The number of nitrogens with zero attached hydrogens (tertiary/aromatic N) is 2. The van der Waals surface area contributed by atoms with Crippen molar-refractivity contribution >= 4 is 5.97 Å². The minimum absolute atomic E-state index is 0.420. The van der Waals surface area contributed by atoms with Crippen molar-refractivity contribution in [3.05, 3.63) is 54.7 Å². The fourth-order valence-corrected chi connectivity index (χ4v) is 1.77. The molecule has 0 radical (unpaired) electrons. The first-order chi connectivity index (χ1) is 10.3. The molecule has 5 nitrogen and oxygen atoms in total. The van der Waals surface area contributed by atoms with E-state index in [0.29, 0.717) is 29.4 Å². The highest BCUT2D eigenvalue weighted by Gasteiger charge is 2.14. The molecule has 0 saturated carbocycles. The van der Waals surface area contributed by atoms with E-state index in [1.807, 2.05) is 6.07 Å². The van der Waals surface area contributed by atoms with E-state index in [1.54, 1.807) is 36.5 Å². The van der Waals surface area contributed by atoms with Crippen LogP contribution >= 0.6 is 0 Å². The van der Waals surface area contributed by atoms with Crippen LogP contribution in [0.15, 0.2) is 49.2 Å². The number of esters is 1. The molecule has 1 aromatic carbocycles. The van der Waals surface area contributed by atoms with E-state index in [4.69, 9.17) is 9.47 Å². The molecule has 2 aromatic rings. The molecule has 0 aliphatic carbocycles. The number of benzene rings is 1. The Morgan fingerprint density at radius 2 is 2.14 bits per heavy atom. The summed E-state index contributed by atoms with van der Waals surface area (Å²) in [4.78, 5) is 20.3. The average molecular weight is 284 g/mol. The summed E-state index contributed by atoms with van der Waals surface area (Å²) in [6.07, 6.45) is 4.10. The Morgan fingerprint density at radius 3 is 2.90 bits per heavy atom. The molecule has 0 bridgehead atoms. The number of hydrogen-bond donors (Lipinski definition) is 0. The summed E-state index contributed by atoms with van der Waals surface area (Å²) >= 11 is 0. The zero-order valence-corrected chi connectivity index (χ0v) is 11.8. The van der Waals surface area contributed by atoms with Gasteiger partial charge in [0.05, 0.1) is 19.3 Å². The molecule has 0 amide bonds. The molecule has 1 heterocycles. The van der Waals surface area contributed by atoms with Crippen LogP contribution in [0, 0.1) is 0 Å². The van der Waals surface area contributed by atoms with Crippen LogP contribution in [-0.4, -0.2) is 29.7 Å². The van der Waals surface area contributed by atoms with Gasteiger partial charge in [-0.15, -0.1) is 6.58 Å². The molecular formula is C16H16N2O3. The van der Waals surface area contributed by atoms with Gasteiger partial charge in [-0.05, 0) is 12.5 Å². The molecule has 0 aliphatic heterocycles. The quantitative estimate of drug-likeness (QED) is 0.463. The first-order valence-electron chi connectivity index (χ1n) is 6.50. The van der Waals surface area contributed by atoms with Crippen molar-refractivity contribution in [3.63, 3.8) is 0 Å². The number of aromatic nitrogens is 2. The van der Waals surface area contributed by atoms with Crippen molar-refractivity contribution in [2.24, 2.45) is 0 Å². The number of carbonyl (C=O) groups excluding carboxylic acids is 1. The normalized spacial score (nSPS) is 9.95. The van der Waals surface area contributed by atoms with Crippen molar-refractivity contribution in [2.45, 2.75) is 6.42 Å². The van der Waals surface area contributed by atoms with Crippen molar-refractivity contribution in [1.82, 2.24) is 9.97 Å². The minimum atomic E-state index is -0.424. The fraction of sp³-hybridized carbons (Fsp3) is 0.188. The van der Waals surface area contributed by atoms with Gasteiger partial charge in [-0.25, -0.2) is 9.78 Å². The molecule has 0 unspecified atom stereocenters. The van der Waals surface area contributed by atoms with E-state index < -0.39 is 5.97 Å². The molecule has 108 valence electrons. The third-order valence-corrected chi connectivity index (χ3v) is 2.78. The molecule has 0 spiro atoms. The van der Waals surface area contributed by atoms with Crippen LogP contribution in [-0.2, 0) is 4.74 Å². The molecule has 21 heavy (non-hydrogen) atoms. The Bertz CT molecular complexity index is 641. The summed E-state index contributed by atoms with van der Waals surface area (Å²) in [6, 6.07) is 8.70. The second kappa shape index (κ2) is 7.19. The first kappa shape index (κ1) is 14.7. The maximum Gasteiger partial charge on any atom is 0.338 e. The van der Waals surface area contributed by atoms with Gasteiger partial charge in [-0.2, -0.15) is 4.98 Å². The molecule has 0 N–H and O–H groups in total. The van der Waals surface area contributed by atoms with Gasteiger partial charge in [0, 0.05) is 17.8 Å². The third-order valence-electron chi connectivity index (χ3n) is 2.78. The number of methoxy groups -OCH3 is 1. The number of hydrogen-bond acceptors (Lipinski definition) is 5. The molecule has 5 heteroatoms. The molecule has 2 rings (SSSR count). The van der Waals surface area contributed by atoms with Crippen LogP contribution in [0.4, 0.5) is 0 Å². The molecular weight excluding hydrogens is 268 g/mol. The van der Waals surface area contributed by atoms with E-state index in [0.717, 1.165) is 6.42 Å². The van der Waals surface area contributed by atoms with Crippen molar-refractivity contribution < 1.29 is 14.3 Å². The van der Waals surface area contributed by atoms with Gasteiger partial charge >= 0.3 is 5.97 Å². The second-order valence-corrected chi connectivity index (χ2v) is 4.18. The van der Waals surface area contributed by atoms with Gasteiger partial charge in [0.2, 0.25) is 5.88 Å². The predicted molar refractivity (Wildman–Crippen MR) is 79.1 cm³/mol. The Labute approximate surface area is 123 Å². The monoisotopic (exact) mass is 284 g/mol. The summed E-state index contributed by atoms with van der Waals surface area (Å²) in [5, 5.41) is 0. The topological polar surface area (TPSA) is 61.3 Å². The van der Waals surface area contributed by atoms with E-state index >= 15 is 0 Å². The van der Waals surface area contributed by atoms with Crippen LogP contribution in [0.5, 0.6) is 5.88 Å². The SMILES string of the molecule is C=CCCOc1ccnc(-c2ccccc2C(=O)OC)n1. The summed E-state index contributed by atoms with van der Waals surface area (Å²) < 4.78 is 10.3. The molecule has 0 aliphatic rings. The van der Waals surface area contributed by atoms with Crippen LogP contribution in [0.25, 0.3) is 11.4 Å². The van der Waals surface area contributed by atoms with E-state index in [1.165, 1.54) is 7.11 Å². The second-order valence-electron chi connectivity index (χ2n) is 4.18. The van der Waals surface area contributed by atoms with E-state index in [-0.39, 0.29) is 0 Å². The smallest absolute Gasteiger partial charge is 0.338 e. The molecule has 1 aromatic heterocycles. The number of rotatable bonds is 6. The lowest BCUT2D eigenvalue weighted by Gasteiger charge is -2.08. The van der Waals surface area contributed by atoms with Gasteiger partial charge in [0.1, 0.15) is 0 Å². The Hall–Kier alpha value is -2.69. The van der Waals surface area contributed by atoms with Crippen molar-refractivity contribution in [1.29, 1.82) is 0 Å². The summed E-state index contributed by atoms with van der Waals surface area (Å²) in [5.74, 6) is 0.459. The predicted octanol–water partition coefficient (Wildman–Crippen LogP) is 2.89. The zero-order chi connectivity index (χ0) is 15.1. The Morgan fingerprint density at radius 1 is 1.33 bits per heavy atom. The van der Waals surface area contributed by atoms with Crippen LogP contribution in [0.1, 0.15) is 16.8 Å². The molecule has 0 fully saturated rings. The van der Waals surface area contributed by atoms with Gasteiger partial charge in [-0.3, -0.25) is 0 Å². The van der Waals surface area contributed by atoms with Crippen LogP contribution < -0.4 is 4.74 Å². The summed E-state index contributed by atoms with van der Waals surface area (Å²) in [7, 11) is 1.34. The third kappa shape index (κ3) is 3.66. The average Bonchev–Trinajstić information content (AvgIpc) is 2.55. The lowest BCUT2D eigenvalue weighted by atomic mass is 10.1. The number of ether oxygens (including phenoxy) is 2. The Kier molecular flexibility index (Phi) is 5.04. The minimum Gasteiger partial charge on any atom is -0.477 e. The van der Waals surface area contributed by atoms with Gasteiger partial charge < -0.3 is 9.47 Å². The lowest BCUT2D eigenvalue weighted by molar-refractivity contribution is 0.0601. The number of carbonyl (C=O) groups is 1. The maximum atomic E-state index is 11.8. The van der Waals surface area contributed by atoms with Crippen LogP contribution in [0.3, 0.4) is 0 Å². The summed E-state index contributed by atoms with van der Waals surface area (Å²) in [6.45, 7) is 4.13. The molecule has 0 saturated heterocycles. The fourth-order valence-electron chi connectivity index (χ4n) is 1.77. The van der Waals surface area contributed by atoms with Gasteiger partial charge in [0.25, 0.3) is 0 Å². The van der Waals surface area contributed by atoms with Gasteiger partial charge in [-0.1, -0.05) is 24.3 Å². The van der Waals surface area contributed by atoms with E-state index in [2.05, 4.69) is 16.5 Å². The zero-order valence-electron chi connectivity index (χ0n) is 11.8. The van der Waals surface area contributed by atoms with Crippen molar-refractivity contribution in [3.8, 4) is 17.3 Å². The Balaban J connectivity index is 2.32.